The van der Waals surface area contributed by atoms with Gasteiger partial charge in [-0.2, -0.15) is 0 Å². The van der Waals surface area contributed by atoms with E-state index in [1.807, 2.05) is 24.3 Å². The fourth-order valence-electron chi connectivity index (χ4n) is 2.33. The van der Waals surface area contributed by atoms with E-state index in [-0.39, 0.29) is 5.70 Å². The summed E-state index contributed by atoms with van der Waals surface area (Å²) in [6.07, 6.45) is 1.43. The number of carboxylic acids is 1. The normalized spacial score (nSPS) is 11.3. The highest BCUT2D eigenvalue weighted by atomic mass is 79.9. The van der Waals surface area contributed by atoms with Crippen molar-refractivity contribution in [1.29, 1.82) is 0 Å². The van der Waals surface area contributed by atoms with E-state index in [9.17, 15) is 14.7 Å². The van der Waals surface area contributed by atoms with Crippen LogP contribution in [0.1, 0.15) is 15.2 Å². The van der Waals surface area contributed by atoms with Crippen molar-refractivity contribution >= 4 is 56.8 Å². The van der Waals surface area contributed by atoms with Gasteiger partial charge in [-0.3, -0.25) is 4.79 Å². The number of benzene rings is 2. The standard InChI is InChI=1S/C20H13BrClNO3S/c21-13-7-5-12(6-8-13)19(24)23-17(20(25)26)11-14-9-10-18(27-14)15-3-1-2-4-16(15)22/h1-11H,(H,23,24)(H,25,26)/b17-11-. The van der Waals surface area contributed by atoms with E-state index in [0.717, 1.165) is 14.9 Å². The molecule has 2 N–H and O–H groups in total. The third-order valence-corrected chi connectivity index (χ3v) is 5.56. The first kappa shape index (κ1) is 19.4. The summed E-state index contributed by atoms with van der Waals surface area (Å²) in [4.78, 5) is 25.4. The zero-order valence-corrected chi connectivity index (χ0v) is 16.9. The number of thiophene rings is 1. The summed E-state index contributed by atoms with van der Waals surface area (Å²) in [5.74, 6) is -1.70. The lowest BCUT2D eigenvalue weighted by atomic mass is 10.2. The van der Waals surface area contributed by atoms with Gasteiger partial charge in [0.1, 0.15) is 5.70 Å². The summed E-state index contributed by atoms with van der Waals surface area (Å²) < 4.78 is 0.832. The minimum atomic E-state index is -1.21. The van der Waals surface area contributed by atoms with Crippen LogP contribution in [0, 0.1) is 0 Å². The predicted octanol–water partition coefficient (Wildman–Crippen LogP) is 5.69. The molecule has 0 saturated heterocycles. The van der Waals surface area contributed by atoms with Gasteiger partial charge in [0.05, 0.1) is 0 Å². The van der Waals surface area contributed by atoms with Crippen molar-refractivity contribution in [2.75, 3.05) is 0 Å². The van der Waals surface area contributed by atoms with Gasteiger partial charge in [-0.25, -0.2) is 4.79 Å². The van der Waals surface area contributed by atoms with Gasteiger partial charge < -0.3 is 10.4 Å². The second-order valence-electron chi connectivity index (χ2n) is 5.51. The smallest absolute Gasteiger partial charge is 0.352 e. The van der Waals surface area contributed by atoms with Crippen molar-refractivity contribution in [3.8, 4) is 10.4 Å². The molecule has 1 amide bonds. The summed E-state index contributed by atoms with van der Waals surface area (Å²) in [6.45, 7) is 0. The molecule has 0 bridgehead atoms. The van der Waals surface area contributed by atoms with E-state index in [1.54, 1.807) is 36.4 Å². The summed E-state index contributed by atoms with van der Waals surface area (Å²) in [5, 5.41) is 12.5. The molecule has 0 aliphatic rings. The van der Waals surface area contributed by atoms with Crippen LogP contribution in [0.5, 0.6) is 0 Å². The number of aliphatic carboxylic acids is 1. The fraction of sp³-hybridized carbons (Fsp3) is 0. The summed E-state index contributed by atoms with van der Waals surface area (Å²) in [6, 6.07) is 17.7. The predicted molar refractivity (Wildman–Crippen MR) is 112 cm³/mol. The van der Waals surface area contributed by atoms with Gasteiger partial charge in [0, 0.05) is 30.4 Å². The molecule has 136 valence electrons. The number of hydrogen-bond donors (Lipinski definition) is 2. The Hall–Kier alpha value is -2.41. The van der Waals surface area contributed by atoms with Crippen LogP contribution in [0.25, 0.3) is 16.5 Å². The molecule has 0 aliphatic carbocycles. The summed E-state index contributed by atoms with van der Waals surface area (Å²) in [5.41, 5.74) is 1.04. The topological polar surface area (TPSA) is 66.4 Å². The Bertz CT molecular complexity index is 1030. The maximum Gasteiger partial charge on any atom is 0.352 e. The summed E-state index contributed by atoms with van der Waals surface area (Å²) in [7, 11) is 0. The Morgan fingerprint density at radius 1 is 1.04 bits per heavy atom. The minimum Gasteiger partial charge on any atom is -0.477 e. The van der Waals surface area contributed by atoms with E-state index in [1.165, 1.54) is 17.4 Å². The van der Waals surface area contributed by atoms with Crippen LogP contribution in [0.2, 0.25) is 5.02 Å². The van der Waals surface area contributed by atoms with Crippen LogP contribution >= 0.6 is 38.9 Å². The molecule has 27 heavy (non-hydrogen) atoms. The Kier molecular flexibility index (Phi) is 6.11. The highest BCUT2D eigenvalue weighted by molar-refractivity contribution is 9.10. The average Bonchev–Trinajstić information content (AvgIpc) is 3.10. The van der Waals surface area contributed by atoms with Crippen LogP contribution in [-0.2, 0) is 4.79 Å². The number of nitrogens with one attached hydrogen (secondary N) is 1. The number of carbonyl (C=O) groups excluding carboxylic acids is 1. The number of hydrogen-bond acceptors (Lipinski definition) is 3. The molecule has 4 nitrogen and oxygen atoms in total. The van der Waals surface area contributed by atoms with Crippen LogP contribution in [0.3, 0.4) is 0 Å². The second-order valence-corrected chi connectivity index (χ2v) is 7.94. The molecule has 0 radical (unpaired) electrons. The maximum atomic E-state index is 12.3. The van der Waals surface area contributed by atoms with Crippen molar-refractivity contribution in [3.05, 3.63) is 86.3 Å². The molecule has 0 aliphatic heterocycles. The van der Waals surface area contributed by atoms with E-state index in [2.05, 4.69) is 21.2 Å². The minimum absolute atomic E-state index is 0.199. The lowest BCUT2D eigenvalue weighted by molar-refractivity contribution is -0.132. The van der Waals surface area contributed by atoms with Gasteiger partial charge in [-0.1, -0.05) is 45.7 Å². The van der Waals surface area contributed by atoms with E-state index < -0.39 is 11.9 Å². The van der Waals surface area contributed by atoms with E-state index in [4.69, 9.17) is 11.6 Å². The molecular weight excluding hydrogens is 450 g/mol. The third kappa shape index (κ3) is 4.86. The van der Waals surface area contributed by atoms with Gasteiger partial charge in [0.2, 0.25) is 0 Å². The van der Waals surface area contributed by atoms with E-state index in [0.29, 0.717) is 15.5 Å². The first-order valence-corrected chi connectivity index (χ1v) is 9.79. The monoisotopic (exact) mass is 461 g/mol. The van der Waals surface area contributed by atoms with Gasteiger partial charge >= 0.3 is 5.97 Å². The Balaban J connectivity index is 1.84. The number of halogens is 2. The van der Waals surface area contributed by atoms with Crippen LogP contribution < -0.4 is 5.32 Å². The van der Waals surface area contributed by atoms with Crippen molar-refractivity contribution in [2.24, 2.45) is 0 Å². The Morgan fingerprint density at radius 3 is 2.41 bits per heavy atom. The van der Waals surface area contributed by atoms with Crippen LogP contribution in [0.15, 0.2) is 70.8 Å². The van der Waals surface area contributed by atoms with Crippen molar-refractivity contribution < 1.29 is 14.7 Å². The molecule has 2 aromatic carbocycles. The van der Waals surface area contributed by atoms with Gasteiger partial charge in [-0.15, -0.1) is 11.3 Å². The first-order chi connectivity index (χ1) is 12.9. The molecule has 3 rings (SSSR count). The second kappa shape index (κ2) is 8.52. The Labute approximate surface area is 173 Å². The molecule has 0 saturated carbocycles. The highest BCUT2D eigenvalue weighted by Crippen LogP contribution is 2.33. The summed E-state index contributed by atoms with van der Waals surface area (Å²) >= 11 is 10.9. The number of rotatable bonds is 5. The molecule has 0 spiro atoms. The molecule has 0 fully saturated rings. The SMILES string of the molecule is O=C(O)/C(=C/c1ccc(-c2ccccc2Cl)s1)NC(=O)c1ccc(Br)cc1. The molecule has 0 atom stereocenters. The fourth-order valence-corrected chi connectivity index (χ4v) is 3.87. The molecule has 3 aromatic rings. The number of amides is 1. The largest absolute Gasteiger partial charge is 0.477 e. The molecule has 7 heteroatoms. The van der Waals surface area contributed by atoms with Crippen molar-refractivity contribution in [1.82, 2.24) is 5.32 Å². The molecular formula is C20H13BrClNO3S. The molecule has 1 heterocycles. The van der Waals surface area contributed by atoms with E-state index >= 15 is 0 Å². The quantitative estimate of drug-likeness (QED) is 0.479. The third-order valence-electron chi connectivity index (χ3n) is 3.64. The number of carboxylic acid groups (broad SMARTS) is 1. The zero-order chi connectivity index (χ0) is 19.4. The Morgan fingerprint density at radius 2 is 1.74 bits per heavy atom. The van der Waals surface area contributed by atoms with Crippen molar-refractivity contribution in [2.45, 2.75) is 0 Å². The van der Waals surface area contributed by atoms with Crippen molar-refractivity contribution in [3.63, 3.8) is 0 Å². The highest BCUT2D eigenvalue weighted by Gasteiger charge is 2.14. The number of carbonyl (C=O) groups is 2. The van der Waals surface area contributed by atoms with Crippen LogP contribution in [0.4, 0.5) is 0 Å². The molecule has 1 aromatic heterocycles. The lowest BCUT2D eigenvalue weighted by Gasteiger charge is -2.06. The first-order valence-electron chi connectivity index (χ1n) is 7.80. The average molecular weight is 463 g/mol. The maximum absolute atomic E-state index is 12.3. The lowest BCUT2D eigenvalue weighted by Crippen LogP contribution is -2.27. The van der Waals surface area contributed by atoms with Gasteiger partial charge in [-0.05, 0) is 48.5 Å². The van der Waals surface area contributed by atoms with Gasteiger partial charge in [0.15, 0.2) is 0 Å². The molecule has 0 unspecified atom stereocenters. The zero-order valence-electron chi connectivity index (χ0n) is 13.8. The van der Waals surface area contributed by atoms with Gasteiger partial charge in [0.25, 0.3) is 5.91 Å². The van der Waals surface area contributed by atoms with Crippen LogP contribution in [-0.4, -0.2) is 17.0 Å².